The molecule has 4 rings (SSSR count). The van der Waals surface area contributed by atoms with Gasteiger partial charge in [0.15, 0.2) is 0 Å². The number of furan rings is 1. The molecule has 0 aliphatic rings. The maximum atomic E-state index is 12.6. The molecule has 3 N–H and O–H groups in total. The van der Waals surface area contributed by atoms with Crippen molar-refractivity contribution in [2.45, 2.75) is 18.4 Å². The number of aryl methyl sites for hydroxylation is 1. The van der Waals surface area contributed by atoms with E-state index in [4.69, 9.17) is 4.42 Å². The standard InChI is InChI=1S/C22H20N4O5S/c1-15-13-23-22(28)26(15)18-9-7-16(8-10-18)21(27)25-17-4-2-6-20(12-17)32(29,30)24-14-19-5-3-11-31-19/h2-13,24H,14H2,1H3,(H,23,28)(H,25,27). The molecule has 0 radical (unpaired) electrons. The molecular formula is C22H20N4O5S. The minimum atomic E-state index is -3.79. The molecule has 9 nitrogen and oxygen atoms in total. The van der Waals surface area contributed by atoms with E-state index in [0.29, 0.717) is 22.7 Å². The zero-order chi connectivity index (χ0) is 22.7. The van der Waals surface area contributed by atoms with Gasteiger partial charge < -0.3 is 14.7 Å². The highest BCUT2D eigenvalue weighted by atomic mass is 32.2. The molecule has 32 heavy (non-hydrogen) atoms. The van der Waals surface area contributed by atoms with E-state index in [9.17, 15) is 18.0 Å². The minimum absolute atomic E-state index is 0.0134. The van der Waals surface area contributed by atoms with E-state index in [1.807, 2.05) is 0 Å². The number of carbonyl (C=O) groups is 1. The van der Waals surface area contributed by atoms with Gasteiger partial charge in [0.25, 0.3) is 5.91 Å². The summed E-state index contributed by atoms with van der Waals surface area (Å²) in [4.78, 5) is 27.1. The number of amides is 1. The summed E-state index contributed by atoms with van der Waals surface area (Å²) in [6, 6.07) is 15.8. The van der Waals surface area contributed by atoms with Gasteiger partial charge in [0.1, 0.15) is 5.76 Å². The second-order valence-corrected chi connectivity index (χ2v) is 8.77. The summed E-state index contributed by atoms with van der Waals surface area (Å²) in [5.41, 5.74) is 1.79. The van der Waals surface area contributed by atoms with Crippen molar-refractivity contribution in [1.29, 1.82) is 0 Å². The second kappa shape index (κ2) is 8.69. The lowest BCUT2D eigenvalue weighted by atomic mass is 10.2. The summed E-state index contributed by atoms with van der Waals surface area (Å²) in [6.07, 6.45) is 3.07. The summed E-state index contributed by atoms with van der Waals surface area (Å²) in [6.45, 7) is 1.81. The second-order valence-electron chi connectivity index (χ2n) is 7.00. The molecule has 2 aromatic heterocycles. The van der Waals surface area contributed by atoms with Crippen LogP contribution in [0.2, 0.25) is 0 Å². The van der Waals surface area contributed by atoms with Crippen molar-refractivity contribution in [2.75, 3.05) is 5.32 Å². The number of carbonyl (C=O) groups excluding carboxylic acids is 1. The highest BCUT2D eigenvalue weighted by molar-refractivity contribution is 7.89. The molecule has 0 aliphatic carbocycles. The number of imidazole rings is 1. The van der Waals surface area contributed by atoms with Gasteiger partial charge in [0.05, 0.1) is 23.4 Å². The van der Waals surface area contributed by atoms with Crippen LogP contribution in [-0.4, -0.2) is 23.9 Å². The van der Waals surface area contributed by atoms with E-state index in [-0.39, 0.29) is 17.1 Å². The minimum Gasteiger partial charge on any atom is -0.468 e. The number of rotatable bonds is 7. The highest BCUT2D eigenvalue weighted by Crippen LogP contribution is 2.18. The Morgan fingerprint density at radius 1 is 1.09 bits per heavy atom. The van der Waals surface area contributed by atoms with Gasteiger partial charge in [-0.05, 0) is 61.5 Å². The third-order valence-corrected chi connectivity index (χ3v) is 6.17. The average Bonchev–Trinajstić information content (AvgIpc) is 3.42. The van der Waals surface area contributed by atoms with Gasteiger partial charge in [0.2, 0.25) is 10.0 Å². The molecule has 4 aromatic rings. The molecule has 0 saturated carbocycles. The molecule has 0 fully saturated rings. The van der Waals surface area contributed by atoms with Gasteiger partial charge in [-0.2, -0.15) is 0 Å². The van der Waals surface area contributed by atoms with Gasteiger partial charge in [0, 0.05) is 23.1 Å². The molecule has 10 heteroatoms. The average molecular weight is 452 g/mol. The summed E-state index contributed by atoms with van der Waals surface area (Å²) >= 11 is 0. The first-order chi connectivity index (χ1) is 15.3. The van der Waals surface area contributed by atoms with Gasteiger partial charge in [-0.15, -0.1) is 0 Å². The smallest absolute Gasteiger partial charge is 0.330 e. The van der Waals surface area contributed by atoms with Crippen molar-refractivity contribution in [3.05, 3.63) is 101 Å². The number of hydrogen-bond acceptors (Lipinski definition) is 5. The van der Waals surface area contributed by atoms with Crippen molar-refractivity contribution in [3.63, 3.8) is 0 Å². The molecule has 0 aliphatic heterocycles. The van der Waals surface area contributed by atoms with Crippen molar-refractivity contribution >= 4 is 21.6 Å². The molecule has 164 valence electrons. The van der Waals surface area contributed by atoms with Crippen LogP contribution in [0.3, 0.4) is 0 Å². The lowest BCUT2D eigenvalue weighted by Gasteiger charge is -2.10. The fourth-order valence-corrected chi connectivity index (χ4v) is 4.18. The van der Waals surface area contributed by atoms with Crippen LogP contribution in [0.5, 0.6) is 0 Å². The Bertz CT molecular complexity index is 1400. The SMILES string of the molecule is Cc1c[nH]c(=O)n1-c1ccc(C(=O)Nc2cccc(S(=O)(=O)NCc3ccco3)c2)cc1. The van der Waals surface area contributed by atoms with Crippen LogP contribution in [-0.2, 0) is 16.6 Å². The molecular weight excluding hydrogens is 432 g/mol. The van der Waals surface area contributed by atoms with Gasteiger partial charge in [-0.3, -0.25) is 9.36 Å². The van der Waals surface area contributed by atoms with E-state index >= 15 is 0 Å². The lowest BCUT2D eigenvalue weighted by molar-refractivity contribution is 0.102. The Labute approximate surface area is 183 Å². The number of nitrogens with zero attached hydrogens (tertiary/aromatic N) is 1. The number of sulfonamides is 1. The summed E-state index contributed by atoms with van der Waals surface area (Å²) in [5.74, 6) is 0.0753. The van der Waals surface area contributed by atoms with E-state index in [1.54, 1.807) is 61.7 Å². The quantitative estimate of drug-likeness (QED) is 0.397. The van der Waals surface area contributed by atoms with Crippen molar-refractivity contribution in [3.8, 4) is 5.69 Å². The fourth-order valence-electron chi connectivity index (χ4n) is 3.15. The first kappa shape index (κ1) is 21.3. The molecule has 2 aromatic carbocycles. The van der Waals surface area contributed by atoms with Crippen molar-refractivity contribution in [1.82, 2.24) is 14.3 Å². The summed E-state index contributed by atoms with van der Waals surface area (Å²) in [5, 5.41) is 2.69. The lowest BCUT2D eigenvalue weighted by Crippen LogP contribution is -2.23. The molecule has 0 unspecified atom stereocenters. The molecule has 0 atom stereocenters. The first-order valence-electron chi connectivity index (χ1n) is 9.64. The maximum absolute atomic E-state index is 12.6. The normalized spacial score (nSPS) is 11.4. The van der Waals surface area contributed by atoms with E-state index < -0.39 is 15.9 Å². The van der Waals surface area contributed by atoms with Crippen LogP contribution < -0.4 is 15.7 Å². The topological polar surface area (TPSA) is 126 Å². The maximum Gasteiger partial charge on any atom is 0.330 e. The van der Waals surface area contributed by atoms with Crippen molar-refractivity contribution in [2.24, 2.45) is 0 Å². The van der Waals surface area contributed by atoms with Crippen LogP contribution in [0.25, 0.3) is 5.69 Å². The number of hydrogen-bond donors (Lipinski definition) is 3. The predicted molar refractivity (Wildman–Crippen MR) is 118 cm³/mol. The number of H-pyrrole nitrogens is 1. The Kier molecular flexibility index (Phi) is 5.80. The Morgan fingerprint density at radius 3 is 2.53 bits per heavy atom. The highest BCUT2D eigenvalue weighted by Gasteiger charge is 2.16. The van der Waals surface area contributed by atoms with Crippen LogP contribution in [0.1, 0.15) is 21.8 Å². The number of anilines is 1. The molecule has 2 heterocycles. The largest absolute Gasteiger partial charge is 0.468 e. The van der Waals surface area contributed by atoms with Gasteiger partial charge >= 0.3 is 5.69 Å². The number of aromatic nitrogens is 2. The van der Waals surface area contributed by atoms with Crippen LogP contribution in [0.4, 0.5) is 5.69 Å². The van der Waals surface area contributed by atoms with E-state index in [0.717, 1.165) is 5.69 Å². The zero-order valence-corrected chi connectivity index (χ0v) is 17.8. The summed E-state index contributed by atoms with van der Waals surface area (Å²) in [7, 11) is -3.79. The third-order valence-electron chi connectivity index (χ3n) is 4.77. The van der Waals surface area contributed by atoms with E-state index in [2.05, 4.69) is 15.0 Å². The zero-order valence-electron chi connectivity index (χ0n) is 17.0. The Hall–Kier alpha value is -3.89. The van der Waals surface area contributed by atoms with E-state index in [1.165, 1.54) is 23.0 Å². The Morgan fingerprint density at radius 2 is 1.88 bits per heavy atom. The van der Waals surface area contributed by atoms with Crippen LogP contribution in [0.15, 0.2) is 87.2 Å². The third kappa shape index (κ3) is 4.56. The molecule has 1 amide bonds. The van der Waals surface area contributed by atoms with Crippen molar-refractivity contribution < 1.29 is 17.6 Å². The van der Waals surface area contributed by atoms with Crippen LogP contribution >= 0.6 is 0 Å². The summed E-state index contributed by atoms with van der Waals surface area (Å²) < 4.78 is 34.2. The Balaban J connectivity index is 1.47. The fraction of sp³-hybridized carbons (Fsp3) is 0.0909. The van der Waals surface area contributed by atoms with Gasteiger partial charge in [-0.1, -0.05) is 6.07 Å². The monoisotopic (exact) mass is 452 g/mol. The number of nitrogens with one attached hydrogen (secondary N) is 3. The molecule has 0 spiro atoms. The molecule has 0 saturated heterocycles. The predicted octanol–water partition coefficient (Wildman–Crippen LogP) is 2.80. The molecule has 0 bridgehead atoms. The first-order valence-corrected chi connectivity index (χ1v) is 11.1. The van der Waals surface area contributed by atoms with Crippen LogP contribution in [0, 0.1) is 6.92 Å². The number of aromatic amines is 1. The van der Waals surface area contributed by atoms with Gasteiger partial charge in [-0.25, -0.2) is 17.9 Å². The number of benzene rings is 2.